The molecule has 0 spiro atoms. The van der Waals surface area contributed by atoms with Crippen LogP contribution in [-0.4, -0.2) is 22.7 Å². The average Bonchev–Trinajstić information content (AvgIpc) is 2.39. The molecule has 0 heterocycles. The van der Waals surface area contributed by atoms with Gasteiger partial charge in [0.15, 0.2) is 0 Å². The fourth-order valence-electron chi connectivity index (χ4n) is 2.02. The second-order valence-corrected chi connectivity index (χ2v) is 4.32. The first kappa shape index (κ1) is 13.7. The number of phenols is 2. The van der Waals surface area contributed by atoms with Crippen molar-refractivity contribution < 1.29 is 15.0 Å². The smallest absolute Gasteiger partial charge is 0.265 e. The van der Waals surface area contributed by atoms with Gasteiger partial charge in [-0.05, 0) is 37.3 Å². The van der Waals surface area contributed by atoms with Crippen molar-refractivity contribution in [3.63, 3.8) is 0 Å². The van der Waals surface area contributed by atoms with E-state index in [0.717, 1.165) is 0 Å². The number of carbonyl (C=O) groups excluding carboxylic acids is 1. The molecule has 0 aliphatic rings. The molecule has 0 bridgehead atoms. The normalized spacial score (nSPS) is 10.2. The van der Waals surface area contributed by atoms with Crippen LogP contribution in [0, 0.1) is 0 Å². The van der Waals surface area contributed by atoms with E-state index in [9.17, 15) is 15.0 Å². The van der Waals surface area contributed by atoms with Crippen molar-refractivity contribution in [2.45, 2.75) is 6.92 Å². The van der Waals surface area contributed by atoms with Gasteiger partial charge in [-0.3, -0.25) is 4.79 Å². The fraction of sp³-hybridized carbons (Fsp3) is 0.133. The summed E-state index contributed by atoms with van der Waals surface area (Å²) in [6.07, 6.45) is 0. The summed E-state index contributed by atoms with van der Waals surface area (Å²) in [4.78, 5) is 13.9. The summed E-state index contributed by atoms with van der Waals surface area (Å²) in [7, 11) is 0. The van der Waals surface area contributed by atoms with Gasteiger partial charge >= 0.3 is 0 Å². The van der Waals surface area contributed by atoms with Crippen LogP contribution in [0.25, 0.3) is 0 Å². The minimum Gasteiger partial charge on any atom is -0.507 e. The van der Waals surface area contributed by atoms with E-state index in [0.29, 0.717) is 17.9 Å². The van der Waals surface area contributed by atoms with Crippen molar-refractivity contribution in [3.8, 4) is 11.5 Å². The lowest BCUT2D eigenvalue weighted by Gasteiger charge is -2.22. The highest BCUT2D eigenvalue weighted by Gasteiger charge is 2.22. The Balaban J connectivity index is 2.45. The van der Waals surface area contributed by atoms with Crippen molar-refractivity contribution in [2.75, 3.05) is 17.2 Å². The number of nitrogen functional groups attached to an aromatic ring is 1. The molecule has 0 saturated carbocycles. The molecule has 0 unspecified atom stereocenters. The Morgan fingerprint density at radius 2 is 1.75 bits per heavy atom. The molecule has 104 valence electrons. The molecule has 5 heteroatoms. The van der Waals surface area contributed by atoms with Gasteiger partial charge in [-0.2, -0.15) is 0 Å². The summed E-state index contributed by atoms with van der Waals surface area (Å²) in [5.41, 5.74) is 6.75. The van der Waals surface area contributed by atoms with Gasteiger partial charge < -0.3 is 20.8 Å². The van der Waals surface area contributed by atoms with Crippen LogP contribution >= 0.6 is 0 Å². The van der Waals surface area contributed by atoms with Gasteiger partial charge in [-0.25, -0.2) is 0 Å². The van der Waals surface area contributed by atoms with E-state index < -0.39 is 5.91 Å². The van der Waals surface area contributed by atoms with Crippen LogP contribution in [-0.2, 0) is 0 Å². The summed E-state index contributed by atoms with van der Waals surface area (Å²) in [5, 5.41) is 19.6. The van der Waals surface area contributed by atoms with E-state index in [-0.39, 0.29) is 17.1 Å². The molecule has 2 aromatic carbocycles. The molecular weight excluding hydrogens is 256 g/mol. The Morgan fingerprint density at radius 1 is 1.15 bits per heavy atom. The molecular formula is C15H16N2O3. The molecule has 1 amide bonds. The molecule has 0 atom stereocenters. The lowest BCUT2D eigenvalue weighted by atomic mass is 10.1. The number of hydrogen-bond acceptors (Lipinski definition) is 4. The Labute approximate surface area is 116 Å². The van der Waals surface area contributed by atoms with Gasteiger partial charge in [-0.1, -0.05) is 12.1 Å². The molecule has 0 fully saturated rings. The molecule has 4 N–H and O–H groups in total. The van der Waals surface area contributed by atoms with Crippen molar-refractivity contribution in [3.05, 3.63) is 48.0 Å². The molecule has 2 aromatic rings. The first-order valence-electron chi connectivity index (χ1n) is 6.23. The maximum atomic E-state index is 12.5. The third-order valence-corrected chi connectivity index (χ3v) is 2.98. The second kappa shape index (κ2) is 5.52. The molecule has 0 aromatic heterocycles. The molecule has 5 nitrogen and oxygen atoms in total. The van der Waals surface area contributed by atoms with Crippen molar-refractivity contribution in [2.24, 2.45) is 0 Å². The van der Waals surface area contributed by atoms with Crippen LogP contribution in [0.4, 0.5) is 11.4 Å². The van der Waals surface area contributed by atoms with E-state index in [1.807, 2.05) is 0 Å². The molecule has 0 aliphatic carbocycles. The highest BCUT2D eigenvalue weighted by Crippen LogP contribution is 2.29. The molecule has 0 saturated heterocycles. The zero-order chi connectivity index (χ0) is 14.7. The third-order valence-electron chi connectivity index (χ3n) is 2.98. The van der Waals surface area contributed by atoms with Crippen molar-refractivity contribution >= 4 is 17.3 Å². The predicted molar refractivity (Wildman–Crippen MR) is 78.0 cm³/mol. The summed E-state index contributed by atoms with van der Waals surface area (Å²) in [5.74, 6) is -0.983. The van der Waals surface area contributed by atoms with Gasteiger partial charge in [0.05, 0.1) is 0 Å². The van der Waals surface area contributed by atoms with Gasteiger partial charge in [0, 0.05) is 17.9 Å². The monoisotopic (exact) mass is 272 g/mol. The quantitative estimate of drug-likeness (QED) is 0.748. The SMILES string of the molecule is CCN(C(=O)c1c(O)cccc1O)c1cccc(N)c1. The van der Waals surface area contributed by atoms with Gasteiger partial charge in [-0.15, -0.1) is 0 Å². The maximum Gasteiger partial charge on any atom is 0.265 e. The number of phenolic OH excluding ortho intramolecular Hbond substituents is 2. The van der Waals surface area contributed by atoms with E-state index in [4.69, 9.17) is 5.73 Å². The van der Waals surface area contributed by atoms with E-state index in [1.165, 1.54) is 23.1 Å². The number of benzene rings is 2. The number of anilines is 2. The van der Waals surface area contributed by atoms with Crippen LogP contribution in [0.5, 0.6) is 11.5 Å². The lowest BCUT2D eigenvalue weighted by Crippen LogP contribution is -2.30. The van der Waals surface area contributed by atoms with Gasteiger partial charge in [0.25, 0.3) is 5.91 Å². The highest BCUT2D eigenvalue weighted by atomic mass is 16.3. The Bertz CT molecular complexity index is 621. The molecule has 2 rings (SSSR count). The standard InChI is InChI=1S/C15H16N2O3/c1-2-17(11-6-3-5-10(16)9-11)15(20)14-12(18)7-4-8-13(14)19/h3-9,18-19H,2,16H2,1H3. The summed E-state index contributed by atoms with van der Waals surface area (Å²) in [6.45, 7) is 2.19. The number of nitrogens with zero attached hydrogens (tertiary/aromatic N) is 1. The molecule has 0 radical (unpaired) electrons. The number of nitrogens with two attached hydrogens (primary N) is 1. The van der Waals surface area contributed by atoms with Crippen LogP contribution in [0.3, 0.4) is 0 Å². The molecule has 20 heavy (non-hydrogen) atoms. The summed E-state index contributed by atoms with van der Waals surface area (Å²) in [6, 6.07) is 11.1. The Hall–Kier alpha value is -2.69. The zero-order valence-corrected chi connectivity index (χ0v) is 11.1. The van der Waals surface area contributed by atoms with Crippen LogP contribution in [0.15, 0.2) is 42.5 Å². The van der Waals surface area contributed by atoms with E-state index >= 15 is 0 Å². The predicted octanol–water partition coefficient (Wildman–Crippen LogP) is 2.35. The highest BCUT2D eigenvalue weighted by molar-refractivity contribution is 6.09. The number of amides is 1. The first-order valence-corrected chi connectivity index (χ1v) is 6.23. The topological polar surface area (TPSA) is 86.8 Å². The maximum absolute atomic E-state index is 12.5. The number of aromatic hydroxyl groups is 2. The van der Waals surface area contributed by atoms with Crippen molar-refractivity contribution in [1.82, 2.24) is 0 Å². The number of hydrogen-bond donors (Lipinski definition) is 3. The van der Waals surface area contributed by atoms with Gasteiger partial charge in [0.2, 0.25) is 0 Å². The number of carbonyl (C=O) groups is 1. The van der Waals surface area contributed by atoms with Crippen molar-refractivity contribution in [1.29, 1.82) is 0 Å². The van der Waals surface area contributed by atoms with Gasteiger partial charge in [0.1, 0.15) is 17.1 Å². The number of rotatable bonds is 3. The largest absolute Gasteiger partial charge is 0.507 e. The average molecular weight is 272 g/mol. The molecule has 0 aliphatic heterocycles. The van der Waals surface area contributed by atoms with Crippen LogP contribution in [0.1, 0.15) is 17.3 Å². The lowest BCUT2D eigenvalue weighted by molar-refractivity contribution is 0.0983. The van der Waals surface area contributed by atoms with Crippen LogP contribution in [0.2, 0.25) is 0 Å². The Kier molecular flexibility index (Phi) is 3.79. The minimum atomic E-state index is -0.478. The second-order valence-electron chi connectivity index (χ2n) is 4.32. The van der Waals surface area contributed by atoms with E-state index in [2.05, 4.69) is 0 Å². The first-order chi connectivity index (χ1) is 9.54. The summed E-state index contributed by atoms with van der Waals surface area (Å²) < 4.78 is 0. The summed E-state index contributed by atoms with van der Waals surface area (Å²) >= 11 is 0. The van der Waals surface area contributed by atoms with Crippen LogP contribution < -0.4 is 10.6 Å². The Morgan fingerprint density at radius 3 is 2.30 bits per heavy atom. The van der Waals surface area contributed by atoms with E-state index in [1.54, 1.807) is 31.2 Å². The minimum absolute atomic E-state index is 0.114. The fourth-order valence-corrected chi connectivity index (χ4v) is 2.02. The third kappa shape index (κ3) is 2.51. The zero-order valence-electron chi connectivity index (χ0n) is 11.1.